The highest BCUT2D eigenvalue weighted by Crippen LogP contribution is 2.77. The lowest BCUT2D eigenvalue weighted by Crippen LogP contribution is -2.66. The van der Waals surface area contributed by atoms with E-state index in [1.54, 1.807) is 0 Å². The molecule has 1 saturated heterocycles. The number of allylic oxidation sites excluding steroid dienone is 1. The molecule has 5 N–H and O–H groups in total. The van der Waals surface area contributed by atoms with E-state index in [0.29, 0.717) is 36.2 Å². The van der Waals surface area contributed by atoms with Crippen LogP contribution in [0.5, 0.6) is 0 Å². The molecule has 6 fully saturated rings. The Morgan fingerprint density at radius 2 is 1.52 bits per heavy atom. The van der Waals surface area contributed by atoms with Gasteiger partial charge in [-0.1, -0.05) is 46.8 Å². The molecule has 5 aliphatic carbocycles. The van der Waals surface area contributed by atoms with Gasteiger partial charge in [0.1, 0.15) is 24.4 Å². The van der Waals surface area contributed by atoms with E-state index in [2.05, 4.69) is 48.1 Å². The second-order valence-corrected chi connectivity index (χ2v) is 17.7. The monoisotopic (exact) mass is 618 g/mol. The highest BCUT2D eigenvalue weighted by molar-refractivity contribution is 5.21. The van der Waals surface area contributed by atoms with Crippen LogP contribution >= 0.6 is 0 Å². The molecule has 7 nitrogen and oxygen atoms in total. The molecule has 7 heteroatoms. The minimum atomic E-state index is -1.42. The molecule has 0 unspecified atom stereocenters. The van der Waals surface area contributed by atoms with E-state index in [1.165, 1.54) is 50.5 Å². The van der Waals surface area contributed by atoms with E-state index in [4.69, 9.17) is 9.47 Å². The fraction of sp³-hybridized carbons (Fsp3) is 0.946. The summed E-state index contributed by atoms with van der Waals surface area (Å²) in [5.41, 5.74) is 2.19. The molecule has 252 valence electrons. The van der Waals surface area contributed by atoms with Crippen molar-refractivity contribution in [1.82, 2.24) is 0 Å². The molecular formula is C37H62O7. The van der Waals surface area contributed by atoms with Crippen molar-refractivity contribution in [3.05, 3.63) is 12.2 Å². The second-order valence-electron chi connectivity index (χ2n) is 17.7. The fourth-order valence-electron chi connectivity index (χ4n) is 13.3. The Labute approximate surface area is 265 Å². The van der Waals surface area contributed by atoms with Gasteiger partial charge in [0.05, 0.1) is 19.3 Å². The third kappa shape index (κ3) is 4.60. The van der Waals surface area contributed by atoms with Crippen LogP contribution in [0.3, 0.4) is 0 Å². The zero-order valence-corrected chi connectivity index (χ0v) is 28.3. The first-order valence-corrected chi connectivity index (χ1v) is 17.8. The van der Waals surface area contributed by atoms with Gasteiger partial charge in [0.25, 0.3) is 0 Å². The first-order valence-electron chi connectivity index (χ1n) is 17.8. The molecule has 0 spiro atoms. The van der Waals surface area contributed by atoms with Crippen LogP contribution < -0.4 is 0 Å². The summed E-state index contributed by atoms with van der Waals surface area (Å²) in [4.78, 5) is 0. The molecule has 6 aliphatic rings. The number of aliphatic hydroxyl groups is 5. The lowest BCUT2D eigenvalue weighted by Gasteiger charge is -2.73. The number of rotatable bonds is 6. The number of hydrogen-bond acceptors (Lipinski definition) is 7. The quantitative estimate of drug-likeness (QED) is 0.259. The number of fused-ring (bicyclic) bond motifs is 7. The van der Waals surface area contributed by atoms with Crippen LogP contribution in [0.1, 0.15) is 112 Å². The lowest BCUT2D eigenvalue weighted by molar-refractivity contribution is -0.303. The summed E-state index contributed by atoms with van der Waals surface area (Å²) in [5.74, 6) is 2.91. The van der Waals surface area contributed by atoms with E-state index in [9.17, 15) is 25.5 Å². The van der Waals surface area contributed by atoms with Gasteiger partial charge in [-0.15, -0.1) is 0 Å². The first-order chi connectivity index (χ1) is 20.6. The van der Waals surface area contributed by atoms with E-state index in [-0.39, 0.29) is 33.2 Å². The molecule has 0 radical (unpaired) electrons. The summed E-state index contributed by atoms with van der Waals surface area (Å²) in [6.07, 6.45) is 6.24. The third-order valence-electron chi connectivity index (χ3n) is 15.9. The molecule has 0 aromatic heterocycles. The van der Waals surface area contributed by atoms with Gasteiger partial charge in [-0.2, -0.15) is 0 Å². The minimum absolute atomic E-state index is 0.0365. The van der Waals surface area contributed by atoms with E-state index >= 15 is 0 Å². The summed E-state index contributed by atoms with van der Waals surface area (Å²) in [7, 11) is 0. The lowest BCUT2D eigenvalue weighted by atomic mass is 9.32. The molecule has 44 heavy (non-hydrogen) atoms. The normalized spacial score (nSPS) is 54.9. The van der Waals surface area contributed by atoms with Gasteiger partial charge in [0, 0.05) is 0 Å². The molecule has 1 heterocycles. The van der Waals surface area contributed by atoms with Gasteiger partial charge >= 0.3 is 0 Å². The van der Waals surface area contributed by atoms with Crippen molar-refractivity contribution in [3.8, 4) is 0 Å². The van der Waals surface area contributed by atoms with Crippen LogP contribution in [-0.4, -0.2) is 75.6 Å². The SMILES string of the molecule is C=C(C)[C@@H]1CC[C@]2(CCO[C@H]3O[C@H](CO)[C@@H](O)[C@H](O)[C@@H]3O)CC[C@]3(C)[C@H](CC[C@@H]4[C@@]5(C)CC[C@H](O)C(C)(C)[C@@H]5CC[C@]43C)[C@@H]12. The Morgan fingerprint density at radius 3 is 2.20 bits per heavy atom. The smallest absolute Gasteiger partial charge is 0.186 e. The van der Waals surface area contributed by atoms with E-state index in [1.807, 2.05) is 0 Å². The number of ether oxygens (including phenoxy) is 2. The molecule has 0 aromatic rings. The molecular weight excluding hydrogens is 556 g/mol. The Balaban J connectivity index is 1.25. The van der Waals surface area contributed by atoms with E-state index in [0.717, 1.165) is 25.7 Å². The van der Waals surface area contributed by atoms with Gasteiger partial charge < -0.3 is 35.0 Å². The Kier molecular flexibility index (Phi) is 8.55. The topological polar surface area (TPSA) is 120 Å². The Hall–Kier alpha value is -0.540. The van der Waals surface area contributed by atoms with Crippen LogP contribution in [0.2, 0.25) is 0 Å². The van der Waals surface area contributed by atoms with Crippen LogP contribution in [0.15, 0.2) is 12.2 Å². The summed E-state index contributed by atoms with van der Waals surface area (Å²) in [6, 6.07) is 0. The molecule has 5 saturated carbocycles. The largest absolute Gasteiger partial charge is 0.394 e. The maximum atomic E-state index is 11.0. The number of aliphatic hydroxyl groups excluding tert-OH is 5. The maximum Gasteiger partial charge on any atom is 0.186 e. The molecule has 1 aliphatic heterocycles. The zero-order chi connectivity index (χ0) is 32.0. The van der Waals surface area contributed by atoms with Gasteiger partial charge in [-0.25, -0.2) is 0 Å². The Morgan fingerprint density at radius 1 is 0.795 bits per heavy atom. The molecule has 0 aromatic carbocycles. The second kappa shape index (κ2) is 11.3. The maximum absolute atomic E-state index is 11.0. The standard InChI is InChI=1S/C37H62O7/c1-21(2)22-10-15-37(18-19-43-32-31(42)30(41)29(40)24(20-38)44-32)17-16-35(6)23(28(22)37)8-9-26-34(5)13-12-27(39)33(3,4)25(34)11-14-36(26,35)7/h22-32,38-42H,1,8-20H2,2-7H3/t22-,23+,24+,25-,26+,27-,28+,29+,30-,31-,32-,34-,35+,36+,37+/m0/s1. The summed E-state index contributed by atoms with van der Waals surface area (Å²) < 4.78 is 11.8. The van der Waals surface area contributed by atoms with Crippen molar-refractivity contribution >= 4 is 0 Å². The Bertz CT molecular complexity index is 1090. The zero-order valence-electron chi connectivity index (χ0n) is 28.3. The van der Waals surface area contributed by atoms with Crippen molar-refractivity contribution < 1.29 is 35.0 Å². The predicted octanol–water partition coefficient (Wildman–Crippen LogP) is 5.21. The fourth-order valence-corrected chi connectivity index (χ4v) is 13.3. The van der Waals surface area contributed by atoms with Crippen LogP contribution in [0.4, 0.5) is 0 Å². The van der Waals surface area contributed by atoms with Crippen molar-refractivity contribution in [2.75, 3.05) is 13.2 Å². The van der Waals surface area contributed by atoms with Gasteiger partial charge in [-0.3, -0.25) is 0 Å². The highest BCUT2D eigenvalue weighted by Gasteiger charge is 2.70. The summed E-state index contributed by atoms with van der Waals surface area (Å²) in [5, 5.41) is 51.7. The van der Waals surface area contributed by atoms with Gasteiger partial charge in [0.15, 0.2) is 6.29 Å². The third-order valence-corrected chi connectivity index (χ3v) is 15.9. The van der Waals surface area contributed by atoms with Crippen LogP contribution in [0, 0.1) is 56.7 Å². The van der Waals surface area contributed by atoms with Gasteiger partial charge in [-0.05, 0) is 134 Å². The predicted molar refractivity (Wildman–Crippen MR) is 169 cm³/mol. The summed E-state index contributed by atoms with van der Waals surface area (Å²) >= 11 is 0. The highest BCUT2D eigenvalue weighted by atomic mass is 16.7. The minimum Gasteiger partial charge on any atom is -0.394 e. The molecule has 0 bridgehead atoms. The van der Waals surface area contributed by atoms with Crippen LogP contribution in [-0.2, 0) is 9.47 Å². The van der Waals surface area contributed by atoms with E-state index < -0.39 is 37.3 Å². The van der Waals surface area contributed by atoms with Gasteiger partial charge in [0.2, 0.25) is 0 Å². The van der Waals surface area contributed by atoms with Crippen molar-refractivity contribution in [1.29, 1.82) is 0 Å². The van der Waals surface area contributed by atoms with Crippen molar-refractivity contribution in [2.45, 2.75) is 149 Å². The molecule has 15 atom stereocenters. The van der Waals surface area contributed by atoms with Crippen molar-refractivity contribution in [2.24, 2.45) is 56.7 Å². The number of hydrogen-bond donors (Lipinski definition) is 5. The average molecular weight is 619 g/mol. The molecule has 6 rings (SSSR count). The van der Waals surface area contributed by atoms with Crippen molar-refractivity contribution in [3.63, 3.8) is 0 Å². The summed E-state index contributed by atoms with van der Waals surface area (Å²) in [6.45, 7) is 19.3. The first kappa shape index (κ1) is 33.4. The van der Waals surface area contributed by atoms with Crippen LogP contribution in [0.25, 0.3) is 0 Å². The molecule has 0 amide bonds. The average Bonchev–Trinajstić information content (AvgIpc) is 3.36.